The van der Waals surface area contributed by atoms with Gasteiger partial charge >= 0.3 is 0 Å². The van der Waals surface area contributed by atoms with Crippen LogP contribution in [-0.2, 0) is 10.0 Å². The van der Waals surface area contributed by atoms with E-state index in [-0.39, 0.29) is 0 Å². The van der Waals surface area contributed by atoms with E-state index in [2.05, 4.69) is 4.90 Å². The Kier molecular flexibility index (Phi) is 3.90. The average Bonchev–Trinajstić information content (AvgIpc) is 2.38. The maximum absolute atomic E-state index is 12.5. The van der Waals surface area contributed by atoms with Crippen LogP contribution in [0.15, 0.2) is 23.1 Å². The Balaban J connectivity index is 2.32. The zero-order valence-electron chi connectivity index (χ0n) is 11.1. The van der Waals surface area contributed by atoms with E-state index < -0.39 is 10.0 Å². The number of hydrogen-bond acceptors (Lipinski definition) is 4. The highest BCUT2D eigenvalue weighted by atomic mass is 32.2. The Morgan fingerprint density at radius 3 is 2.37 bits per heavy atom. The molecule has 0 N–H and O–H groups in total. The molecule has 0 radical (unpaired) electrons. The molecule has 1 heterocycles. The van der Waals surface area contributed by atoms with Crippen LogP contribution in [0.3, 0.4) is 0 Å². The molecule has 0 atom stereocenters. The maximum atomic E-state index is 12.5. The number of benzene rings is 1. The molecule has 1 aliphatic rings. The second kappa shape index (κ2) is 5.29. The minimum atomic E-state index is -3.44. The monoisotopic (exact) mass is 279 g/mol. The van der Waals surface area contributed by atoms with E-state index in [0.29, 0.717) is 29.1 Å². The molecule has 6 heteroatoms. The van der Waals surface area contributed by atoms with E-state index in [4.69, 9.17) is 5.26 Å². The summed E-state index contributed by atoms with van der Waals surface area (Å²) in [5.41, 5.74) is 1.10. The smallest absolute Gasteiger partial charge is 0.243 e. The number of rotatable bonds is 2. The Morgan fingerprint density at radius 2 is 1.84 bits per heavy atom. The molecule has 1 saturated heterocycles. The molecule has 1 aromatic carbocycles. The Bertz CT molecular complexity index is 611. The minimum Gasteiger partial charge on any atom is -0.304 e. The van der Waals surface area contributed by atoms with Gasteiger partial charge in [-0.25, -0.2) is 8.42 Å². The molecule has 2 rings (SSSR count). The average molecular weight is 279 g/mol. The number of nitriles is 1. The summed E-state index contributed by atoms with van der Waals surface area (Å²) in [6.45, 7) is 4.24. The molecule has 1 aliphatic heterocycles. The van der Waals surface area contributed by atoms with Gasteiger partial charge in [0.15, 0.2) is 0 Å². The zero-order valence-corrected chi connectivity index (χ0v) is 11.9. The van der Waals surface area contributed by atoms with E-state index in [1.165, 1.54) is 10.4 Å². The molecule has 1 aromatic rings. The summed E-state index contributed by atoms with van der Waals surface area (Å²) in [7, 11) is -1.46. The molecule has 0 spiro atoms. The summed E-state index contributed by atoms with van der Waals surface area (Å²) in [6, 6.07) is 6.71. The molecule has 0 aromatic heterocycles. The first-order valence-corrected chi connectivity index (χ1v) is 7.58. The molecule has 0 aliphatic carbocycles. The fourth-order valence-corrected chi connectivity index (χ4v) is 3.80. The van der Waals surface area contributed by atoms with Crippen molar-refractivity contribution < 1.29 is 8.42 Å². The second-order valence-electron chi connectivity index (χ2n) is 4.80. The normalized spacial score (nSPS) is 18.2. The highest BCUT2D eigenvalue weighted by molar-refractivity contribution is 7.89. The Hall–Kier alpha value is -1.42. The predicted octanol–water partition coefficient (Wildman–Crippen LogP) is 0.803. The summed E-state index contributed by atoms with van der Waals surface area (Å²) < 4.78 is 26.6. The van der Waals surface area contributed by atoms with E-state index >= 15 is 0 Å². The van der Waals surface area contributed by atoms with Crippen LogP contribution >= 0.6 is 0 Å². The SMILES string of the molecule is Cc1cc(C#N)ccc1S(=O)(=O)N1CCN(C)CC1. The van der Waals surface area contributed by atoms with Gasteiger partial charge in [-0.15, -0.1) is 0 Å². The minimum absolute atomic E-state index is 0.302. The van der Waals surface area contributed by atoms with Gasteiger partial charge in [-0.3, -0.25) is 0 Å². The highest BCUT2D eigenvalue weighted by Crippen LogP contribution is 2.21. The van der Waals surface area contributed by atoms with Crippen molar-refractivity contribution in [3.63, 3.8) is 0 Å². The summed E-state index contributed by atoms with van der Waals surface area (Å²) in [5.74, 6) is 0. The molecular formula is C13H17N3O2S. The quantitative estimate of drug-likeness (QED) is 0.803. The molecule has 102 valence electrons. The number of hydrogen-bond donors (Lipinski definition) is 0. The Labute approximate surface area is 114 Å². The van der Waals surface area contributed by atoms with Crippen LogP contribution in [0, 0.1) is 18.3 Å². The van der Waals surface area contributed by atoms with E-state index in [1.54, 1.807) is 19.1 Å². The summed E-state index contributed by atoms with van der Waals surface area (Å²) in [5, 5.41) is 8.82. The lowest BCUT2D eigenvalue weighted by molar-refractivity contribution is 0.222. The van der Waals surface area contributed by atoms with Gasteiger partial charge in [0.25, 0.3) is 0 Å². The topological polar surface area (TPSA) is 64.4 Å². The first kappa shape index (κ1) is 14.0. The van der Waals surface area contributed by atoms with Crippen LogP contribution in [0.5, 0.6) is 0 Å². The molecule has 0 unspecified atom stereocenters. The van der Waals surface area contributed by atoms with Crippen LogP contribution in [0.1, 0.15) is 11.1 Å². The van der Waals surface area contributed by atoms with Crippen molar-refractivity contribution in [1.82, 2.24) is 9.21 Å². The number of sulfonamides is 1. The van der Waals surface area contributed by atoms with Gasteiger partial charge in [0.2, 0.25) is 10.0 Å². The van der Waals surface area contributed by atoms with Gasteiger partial charge < -0.3 is 4.90 Å². The molecule has 0 amide bonds. The lowest BCUT2D eigenvalue weighted by atomic mass is 10.2. The van der Waals surface area contributed by atoms with Crippen molar-refractivity contribution in [1.29, 1.82) is 5.26 Å². The van der Waals surface area contributed by atoms with Crippen LogP contribution in [0.4, 0.5) is 0 Å². The van der Waals surface area contributed by atoms with Crippen molar-refractivity contribution >= 4 is 10.0 Å². The summed E-state index contributed by atoms with van der Waals surface area (Å²) >= 11 is 0. The van der Waals surface area contributed by atoms with Gasteiger partial charge in [-0.1, -0.05) is 0 Å². The molecular weight excluding hydrogens is 262 g/mol. The maximum Gasteiger partial charge on any atom is 0.243 e. The van der Waals surface area contributed by atoms with Crippen LogP contribution in [0.2, 0.25) is 0 Å². The highest BCUT2D eigenvalue weighted by Gasteiger charge is 2.28. The van der Waals surface area contributed by atoms with Gasteiger partial charge in [0.05, 0.1) is 16.5 Å². The third-order valence-electron chi connectivity index (χ3n) is 3.38. The van der Waals surface area contributed by atoms with Crippen LogP contribution in [-0.4, -0.2) is 50.8 Å². The van der Waals surface area contributed by atoms with Crippen molar-refractivity contribution in [3.8, 4) is 6.07 Å². The number of likely N-dealkylation sites (N-methyl/N-ethyl adjacent to an activating group) is 1. The fourth-order valence-electron chi connectivity index (χ4n) is 2.18. The van der Waals surface area contributed by atoms with E-state index in [9.17, 15) is 8.42 Å². The largest absolute Gasteiger partial charge is 0.304 e. The Morgan fingerprint density at radius 1 is 1.21 bits per heavy atom. The number of nitrogens with zero attached hydrogens (tertiary/aromatic N) is 3. The van der Waals surface area contributed by atoms with Crippen molar-refractivity contribution in [2.75, 3.05) is 33.2 Å². The third kappa shape index (κ3) is 2.78. The third-order valence-corrected chi connectivity index (χ3v) is 5.44. The van der Waals surface area contributed by atoms with Gasteiger partial charge in [0, 0.05) is 26.2 Å². The number of piperazine rings is 1. The van der Waals surface area contributed by atoms with Gasteiger partial charge in [-0.05, 0) is 37.7 Å². The van der Waals surface area contributed by atoms with Gasteiger partial charge in [0.1, 0.15) is 0 Å². The standard InChI is InChI=1S/C13H17N3O2S/c1-11-9-12(10-14)3-4-13(11)19(17,18)16-7-5-15(2)6-8-16/h3-4,9H,5-8H2,1-2H3. The van der Waals surface area contributed by atoms with Crippen LogP contribution in [0.25, 0.3) is 0 Å². The molecule has 19 heavy (non-hydrogen) atoms. The van der Waals surface area contributed by atoms with E-state index in [0.717, 1.165) is 13.1 Å². The zero-order chi connectivity index (χ0) is 14.0. The fraction of sp³-hybridized carbons (Fsp3) is 0.462. The molecule has 5 nitrogen and oxygen atoms in total. The van der Waals surface area contributed by atoms with Crippen molar-refractivity contribution in [2.24, 2.45) is 0 Å². The van der Waals surface area contributed by atoms with Gasteiger partial charge in [-0.2, -0.15) is 9.57 Å². The number of aryl methyl sites for hydroxylation is 1. The first-order chi connectivity index (χ1) is 8.95. The second-order valence-corrected chi connectivity index (χ2v) is 6.71. The van der Waals surface area contributed by atoms with Crippen LogP contribution < -0.4 is 0 Å². The molecule has 0 bridgehead atoms. The first-order valence-electron chi connectivity index (χ1n) is 6.14. The summed E-state index contributed by atoms with van der Waals surface area (Å²) in [4.78, 5) is 2.41. The molecule has 1 fully saturated rings. The predicted molar refractivity (Wildman–Crippen MR) is 72.1 cm³/mol. The van der Waals surface area contributed by atoms with E-state index in [1.807, 2.05) is 13.1 Å². The van der Waals surface area contributed by atoms with Crippen molar-refractivity contribution in [3.05, 3.63) is 29.3 Å². The summed E-state index contributed by atoms with van der Waals surface area (Å²) in [6.07, 6.45) is 0. The lowest BCUT2D eigenvalue weighted by Gasteiger charge is -2.31. The van der Waals surface area contributed by atoms with Crippen molar-refractivity contribution in [2.45, 2.75) is 11.8 Å². The molecule has 0 saturated carbocycles. The lowest BCUT2D eigenvalue weighted by Crippen LogP contribution is -2.47.